The van der Waals surface area contributed by atoms with Crippen molar-refractivity contribution in [1.82, 2.24) is 0 Å². The average molecular weight is 230 g/mol. The number of esters is 2. The Morgan fingerprint density at radius 2 is 2.00 bits per heavy atom. The second kappa shape index (κ2) is 8.91. The third-order valence-corrected chi connectivity index (χ3v) is 1.76. The van der Waals surface area contributed by atoms with Gasteiger partial charge in [-0.25, -0.2) is 4.79 Å². The Balaban J connectivity index is 3.37. The summed E-state index contributed by atoms with van der Waals surface area (Å²) in [5.41, 5.74) is 0. The predicted octanol–water partition coefficient (Wildman–Crippen LogP) is 0.810. The predicted molar refractivity (Wildman–Crippen MR) is 57.6 cm³/mol. The molecule has 0 aromatic heterocycles. The van der Waals surface area contributed by atoms with E-state index in [4.69, 9.17) is 9.84 Å². The number of aliphatic hydroxyl groups excluding tert-OH is 1. The lowest BCUT2D eigenvalue weighted by molar-refractivity contribution is -0.149. The third-order valence-electron chi connectivity index (χ3n) is 1.76. The minimum Gasteiger partial charge on any atom is -0.462 e. The van der Waals surface area contributed by atoms with E-state index in [0.717, 1.165) is 6.08 Å². The first-order valence-electron chi connectivity index (χ1n) is 5.19. The van der Waals surface area contributed by atoms with Crippen LogP contribution in [0.25, 0.3) is 0 Å². The van der Waals surface area contributed by atoms with Crippen molar-refractivity contribution in [3.8, 4) is 0 Å². The molecule has 1 N–H and O–H groups in total. The molecule has 0 saturated carbocycles. The minimum absolute atomic E-state index is 0.0347. The molecule has 16 heavy (non-hydrogen) atoms. The molecule has 0 amide bonds. The molecule has 92 valence electrons. The Kier molecular flexibility index (Phi) is 8.15. The number of carbonyl (C=O) groups is 2. The van der Waals surface area contributed by atoms with Crippen molar-refractivity contribution < 1.29 is 24.2 Å². The highest BCUT2D eigenvalue weighted by Crippen LogP contribution is 2.01. The zero-order valence-electron chi connectivity index (χ0n) is 9.48. The molecule has 0 aromatic rings. The van der Waals surface area contributed by atoms with Gasteiger partial charge in [0.05, 0.1) is 6.10 Å². The van der Waals surface area contributed by atoms with Crippen LogP contribution in [0.1, 0.15) is 26.2 Å². The molecule has 5 heteroatoms. The van der Waals surface area contributed by atoms with Gasteiger partial charge in [0.1, 0.15) is 13.2 Å². The first-order valence-corrected chi connectivity index (χ1v) is 5.19. The van der Waals surface area contributed by atoms with E-state index < -0.39 is 12.1 Å². The van der Waals surface area contributed by atoms with Gasteiger partial charge in [0.15, 0.2) is 0 Å². The van der Waals surface area contributed by atoms with Crippen molar-refractivity contribution >= 4 is 11.9 Å². The lowest BCUT2D eigenvalue weighted by atomic mass is 10.2. The van der Waals surface area contributed by atoms with Crippen LogP contribution in [0.4, 0.5) is 0 Å². The summed E-state index contributed by atoms with van der Waals surface area (Å²) < 4.78 is 9.40. The standard InChI is InChI=1S/C11H18O5/c1-3-10(13)15-7-8-16-11(14)6-4-5-9(2)12/h3,9,12H,1,4-8H2,2H3. The molecule has 0 aliphatic heterocycles. The molecule has 0 rings (SSSR count). The van der Waals surface area contributed by atoms with Gasteiger partial charge in [0.25, 0.3) is 0 Å². The van der Waals surface area contributed by atoms with Crippen molar-refractivity contribution in [2.24, 2.45) is 0 Å². The molecule has 0 aromatic carbocycles. The zero-order valence-corrected chi connectivity index (χ0v) is 9.48. The number of aliphatic hydroxyl groups is 1. The van der Waals surface area contributed by atoms with Crippen LogP contribution >= 0.6 is 0 Å². The second-order valence-corrected chi connectivity index (χ2v) is 3.33. The third kappa shape index (κ3) is 9.21. The normalized spacial score (nSPS) is 11.6. The fourth-order valence-electron chi connectivity index (χ4n) is 0.971. The summed E-state index contributed by atoms with van der Waals surface area (Å²) in [5, 5.41) is 8.95. The summed E-state index contributed by atoms with van der Waals surface area (Å²) in [4.78, 5) is 21.7. The SMILES string of the molecule is C=CC(=O)OCCOC(=O)CCCC(C)O. The van der Waals surface area contributed by atoms with Crippen molar-refractivity contribution in [3.05, 3.63) is 12.7 Å². The van der Waals surface area contributed by atoms with Crippen LogP contribution in [-0.4, -0.2) is 36.4 Å². The maximum atomic E-state index is 11.1. The molecule has 0 fully saturated rings. The van der Waals surface area contributed by atoms with E-state index in [1.54, 1.807) is 6.92 Å². The zero-order chi connectivity index (χ0) is 12.4. The largest absolute Gasteiger partial charge is 0.462 e. The quantitative estimate of drug-likeness (QED) is 0.379. The Morgan fingerprint density at radius 1 is 1.38 bits per heavy atom. The Morgan fingerprint density at radius 3 is 2.56 bits per heavy atom. The number of carbonyl (C=O) groups excluding carboxylic acids is 2. The first kappa shape index (κ1) is 14.6. The van der Waals surface area contributed by atoms with Crippen molar-refractivity contribution in [2.75, 3.05) is 13.2 Å². The Labute approximate surface area is 95.0 Å². The molecule has 1 unspecified atom stereocenters. The molecule has 0 aliphatic carbocycles. The van der Waals surface area contributed by atoms with Crippen LogP contribution in [0.5, 0.6) is 0 Å². The molecule has 0 spiro atoms. The number of ether oxygens (including phenoxy) is 2. The van der Waals surface area contributed by atoms with E-state index in [-0.39, 0.29) is 25.6 Å². The van der Waals surface area contributed by atoms with Gasteiger partial charge < -0.3 is 14.6 Å². The molecule has 0 heterocycles. The molecule has 5 nitrogen and oxygen atoms in total. The van der Waals surface area contributed by atoms with E-state index in [9.17, 15) is 9.59 Å². The number of rotatable bonds is 8. The van der Waals surface area contributed by atoms with E-state index in [2.05, 4.69) is 11.3 Å². The maximum Gasteiger partial charge on any atom is 0.330 e. The maximum absolute atomic E-state index is 11.1. The van der Waals surface area contributed by atoms with E-state index in [1.807, 2.05) is 0 Å². The van der Waals surface area contributed by atoms with E-state index >= 15 is 0 Å². The van der Waals surface area contributed by atoms with Gasteiger partial charge in [0, 0.05) is 12.5 Å². The number of hydrogen-bond acceptors (Lipinski definition) is 5. The van der Waals surface area contributed by atoms with Gasteiger partial charge in [-0.1, -0.05) is 6.58 Å². The summed E-state index contributed by atoms with van der Waals surface area (Å²) in [6.45, 7) is 4.98. The monoisotopic (exact) mass is 230 g/mol. The molecule has 0 aliphatic rings. The lowest BCUT2D eigenvalue weighted by Crippen LogP contribution is -2.13. The topological polar surface area (TPSA) is 72.8 Å². The Hall–Kier alpha value is -1.36. The molecule has 0 bridgehead atoms. The lowest BCUT2D eigenvalue weighted by Gasteiger charge is -2.05. The van der Waals surface area contributed by atoms with Crippen LogP contribution < -0.4 is 0 Å². The highest BCUT2D eigenvalue weighted by Gasteiger charge is 2.04. The second-order valence-electron chi connectivity index (χ2n) is 3.33. The minimum atomic E-state index is -0.537. The first-order chi connectivity index (χ1) is 7.56. The van der Waals surface area contributed by atoms with Crippen molar-refractivity contribution in [1.29, 1.82) is 0 Å². The Bertz CT molecular complexity index is 235. The van der Waals surface area contributed by atoms with Crippen molar-refractivity contribution in [2.45, 2.75) is 32.3 Å². The molecule has 0 radical (unpaired) electrons. The van der Waals surface area contributed by atoms with Gasteiger partial charge in [-0.15, -0.1) is 0 Å². The molecule has 0 saturated heterocycles. The van der Waals surface area contributed by atoms with Gasteiger partial charge >= 0.3 is 11.9 Å². The summed E-state index contributed by atoms with van der Waals surface area (Å²) in [7, 11) is 0. The highest BCUT2D eigenvalue weighted by molar-refractivity contribution is 5.81. The van der Waals surface area contributed by atoms with Crippen LogP contribution in [0.3, 0.4) is 0 Å². The van der Waals surface area contributed by atoms with Gasteiger partial charge in [-0.2, -0.15) is 0 Å². The fraction of sp³-hybridized carbons (Fsp3) is 0.636. The molecular weight excluding hydrogens is 212 g/mol. The summed E-state index contributed by atoms with van der Waals surface area (Å²) >= 11 is 0. The highest BCUT2D eigenvalue weighted by atomic mass is 16.6. The van der Waals surface area contributed by atoms with Gasteiger partial charge in [0.2, 0.25) is 0 Å². The fourth-order valence-corrected chi connectivity index (χ4v) is 0.971. The van der Waals surface area contributed by atoms with Crippen LogP contribution in [0.15, 0.2) is 12.7 Å². The summed E-state index contributed by atoms with van der Waals surface area (Å²) in [6, 6.07) is 0. The summed E-state index contributed by atoms with van der Waals surface area (Å²) in [6.07, 6.45) is 2.06. The number of hydrogen-bond donors (Lipinski definition) is 1. The summed E-state index contributed by atoms with van der Waals surface area (Å²) in [5.74, 6) is -0.888. The van der Waals surface area contributed by atoms with Crippen LogP contribution in [0.2, 0.25) is 0 Å². The van der Waals surface area contributed by atoms with Gasteiger partial charge in [-0.3, -0.25) is 4.79 Å². The van der Waals surface area contributed by atoms with E-state index in [1.165, 1.54) is 0 Å². The molecule has 1 atom stereocenters. The van der Waals surface area contributed by atoms with Crippen molar-refractivity contribution in [3.63, 3.8) is 0 Å². The molecular formula is C11H18O5. The van der Waals surface area contributed by atoms with Crippen LogP contribution in [0, 0.1) is 0 Å². The van der Waals surface area contributed by atoms with Crippen LogP contribution in [-0.2, 0) is 19.1 Å². The smallest absolute Gasteiger partial charge is 0.330 e. The van der Waals surface area contributed by atoms with Gasteiger partial charge in [-0.05, 0) is 19.8 Å². The van der Waals surface area contributed by atoms with E-state index in [0.29, 0.717) is 12.8 Å². The average Bonchev–Trinajstić information content (AvgIpc) is 2.23.